The summed E-state index contributed by atoms with van der Waals surface area (Å²) >= 11 is 0. The summed E-state index contributed by atoms with van der Waals surface area (Å²) in [5, 5.41) is 12.5. The van der Waals surface area contributed by atoms with Crippen LogP contribution in [0.3, 0.4) is 0 Å². The predicted octanol–water partition coefficient (Wildman–Crippen LogP) is 2.21. The Morgan fingerprint density at radius 3 is 2.52 bits per heavy atom. The number of nitrogens with zero attached hydrogens (tertiary/aromatic N) is 1. The summed E-state index contributed by atoms with van der Waals surface area (Å²) in [6.45, 7) is 3.32. The number of H-pyrrole nitrogens is 1. The van der Waals surface area contributed by atoms with Crippen molar-refractivity contribution in [2.75, 3.05) is 19.6 Å². The zero-order valence-corrected chi connectivity index (χ0v) is 13.0. The number of aromatic amines is 1. The second kappa shape index (κ2) is 5.74. The summed E-state index contributed by atoms with van der Waals surface area (Å²) in [5.74, 6) is 0.824. The monoisotopic (exact) mass is 311 g/mol. The van der Waals surface area contributed by atoms with Gasteiger partial charge in [-0.3, -0.25) is 4.79 Å². The maximum absolute atomic E-state index is 12.5. The van der Waals surface area contributed by atoms with Gasteiger partial charge in [0.05, 0.1) is 0 Å². The maximum atomic E-state index is 12.5. The summed E-state index contributed by atoms with van der Waals surface area (Å²) in [6, 6.07) is 10.9. The largest absolute Gasteiger partial charge is 0.508 e. The highest BCUT2D eigenvalue weighted by Crippen LogP contribution is 2.28. The molecular formula is C18H21N3O2. The highest BCUT2D eigenvalue weighted by Gasteiger charge is 2.35. The number of aromatic hydroxyl groups is 1. The van der Waals surface area contributed by atoms with Gasteiger partial charge < -0.3 is 20.3 Å². The highest BCUT2D eigenvalue weighted by molar-refractivity contribution is 5.93. The minimum atomic E-state index is -0.0335. The van der Waals surface area contributed by atoms with E-state index in [1.807, 2.05) is 24.3 Å². The summed E-state index contributed by atoms with van der Waals surface area (Å²) in [5.41, 5.74) is 2.42. The molecule has 23 heavy (non-hydrogen) atoms. The number of hydrogen-bond acceptors (Lipinski definition) is 3. The molecule has 0 unspecified atom stereocenters. The van der Waals surface area contributed by atoms with Crippen molar-refractivity contribution < 1.29 is 9.90 Å². The Bertz CT molecular complexity index is 699. The van der Waals surface area contributed by atoms with E-state index in [9.17, 15) is 9.90 Å². The van der Waals surface area contributed by atoms with Crippen LogP contribution in [-0.4, -0.2) is 46.6 Å². The molecule has 3 N–H and O–H groups in total. The lowest BCUT2D eigenvalue weighted by atomic mass is 9.84. The number of piperidine rings is 3. The molecule has 1 atom stereocenters. The van der Waals surface area contributed by atoms with Crippen molar-refractivity contribution in [3.8, 4) is 17.0 Å². The fraction of sp³-hybridized carbons (Fsp3) is 0.389. The molecular weight excluding hydrogens is 290 g/mol. The highest BCUT2D eigenvalue weighted by atomic mass is 16.3. The molecule has 3 aliphatic heterocycles. The molecule has 5 rings (SSSR count). The number of amides is 1. The lowest BCUT2D eigenvalue weighted by Crippen LogP contribution is -2.57. The Morgan fingerprint density at radius 2 is 1.87 bits per heavy atom. The first-order valence-electron chi connectivity index (χ1n) is 8.21. The number of aromatic nitrogens is 1. The Hall–Kier alpha value is -2.27. The van der Waals surface area contributed by atoms with E-state index in [2.05, 4.69) is 15.2 Å². The summed E-state index contributed by atoms with van der Waals surface area (Å²) in [6.07, 6.45) is 2.38. The molecule has 3 saturated heterocycles. The van der Waals surface area contributed by atoms with E-state index < -0.39 is 0 Å². The average molecular weight is 311 g/mol. The number of carbonyl (C=O) groups excluding carboxylic acids is 1. The summed E-state index contributed by atoms with van der Waals surface area (Å²) in [4.78, 5) is 18.1. The van der Waals surface area contributed by atoms with Crippen LogP contribution in [0.5, 0.6) is 5.75 Å². The van der Waals surface area contributed by atoms with Crippen LogP contribution in [-0.2, 0) is 0 Å². The van der Waals surface area contributed by atoms with Crippen LogP contribution in [0.15, 0.2) is 36.4 Å². The molecule has 1 aromatic carbocycles. The molecule has 5 nitrogen and oxygen atoms in total. The van der Waals surface area contributed by atoms with E-state index in [0.717, 1.165) is 17.8 Å². The Morgan fingerprint density at radius 1 is 1.13 bits per heavy atom. The first kappa shape index (κ1) is 14.3. The first-order valence-corrected chi connectivity index (χ1v) is 8.21. The van der Waals surface area contributed by atoms with Crippen molar-refractivity contribution >= 4 is 5.91 Å². The number of hydrogen-bond donors (Lipinski definition) is 3. The summed E-state index contributed by atoms with van der Waals surface area (Å²) in [7, 11) is 0. The Labute approximate surface area is 135 Å². The smallest absolute Gasteiger partial charge is 0.267 e. The zero-order chi connectivity index (χ0) is 15.8. The number of nitrogens with one attached hydrogen (secondary N) is 2. The van der Waals surface area contributed by atoms with E-state index in [1.54, 1.807) is 12.1 Å². The normalized spacial score (nSPS) is 26.2. The molecule has 4 heterocycles. The van der Waals surface area contributed by atoms with E-state index >= 15 is 0 Å². The average Bonchev–Trinajstić information content (AvgIpc) is 3.07. The molecule has 3 aliphatic rings. The zero-order valence-electron chi connectivity index (χ0n) is 13.0. The van der Waals surface area contributed by atoms with Gasteiger partial charge in [0.1, 0.15) is 11.4 Å². The molecule has 0 radical (unpaired) electrons. The quantitative estimate of drug-likeness (QED) is 0.814. The van der Waals surface area contributed by atoms with Gasteiger partial charge in [-0.15, -0.1) is 0 Å². The van der Waals surface area contributed by atoms with Gasteiger partial charge in [-0.2, -0.15) is 0 Å². The van der Waals surface area contributed by atoms with Gasteiger partial charge in [0.15, 0.2) is 0 Å². The topological polar surface area (TPSA) is 68.4 Å². The van der Waals surface area contributed by atoms with Gasteiger partial charge in [-0.05, 0) is 73.8 Å². The van der Waals surface area contributed by atoms with Crippen LogP contribution < -0.4 is 5.32 Å². The Balaban J connectivity index is 1.46. The number of carbonyl (C=O) groups is 1. The second-order valence-electron chi connectivity index (χ2n) is 6.55. The molecule has 0 saturated carbocycles. The molecule has 2 aromatic rings. The van der Waals surface area contributed by atoms with Crippen molar-refractivity contribution in [2.45, 2.75) is 18.9 Å². The lowest BCUT2D eigenvalue weighted by molar-refractivity contribution is 0.0618. The van der Waals surface area contributed by atoms with Gasteiger partial charge in [-0.25, -0.2) is 0 Å². The number of phenols is 1. The van der Waals surface area contributed by atoms with Crippen molar-refractivity contribution in [3.63, 3.8) is 0 Å². The standard InChI is InChI=1S/C18H21N3O2/c22-14-3-1-12(2-4-14)15-5-6-16(19-15)18(23)20-17-11-21-9-7-13(17)8-10-21/h1-6,13,17,19,22H,7-11H2,(H,20,23)/t17-/m0/s1. The molecule has 1 amide bonds. The van der Waals surface area contributed by atoms with Crippen LogP contribution in [0, 0.1) is 5.92 Å². The number of phenolic OH excluding ortho intramolecular Hbond substituents is 1. The third kappa shape index (κ3) is 2.84. The third-order valence-electron chi connectivity index (χ3n) is 5.08. The number of benzene rings is 1. The van der Waals surface area contributed by atoms with Crippen molar-refractivity contribution in [1.29, 1.82) is 0 Å². The molecule has 0 spiro atoms. The van der Waals surface area contributed by atoms with Crippen LogP contribution in [0.4, 0.5) is 0 Å². The van der Waals surface area contributed by atoms with Gasteiger partial charge in [-0.1, -0.05) is 0 Å². The Kier molecular flexibility index (Phi) is 3.58. The van der Waals surface area contributed by atoms with E-state index in [1.165, 1.54) is 25.9 Å². The fourth-order valence-corrected chi connectivity index (χ4v) is 3.71. The van der Waals surface area contributed by atoms with E-state index in [4.69, 9.17) is 0 Å². The summed E-state index contributed by atoms with van der Waals surface area (Å²) < 4.78 is 0. The molecule has 120 valence electrons. The van der Waals surface area contributed by atoms with E-state index in [0.29, 0.717) is 11.6 Å². The van der Waals surface area contributed by atoms with Gasteiger partial charge in [0.2, 0.25) is 0 Å². The molecule has 3 fully saturated rings. The van der Waals surface area contributed by atoms with Crippen molar-refractivity contribution in [3.05, 3.63) is 42.1 Å². The van der Waals surface area contributed by atoms with Crippen LogP contribution >= 0.6 is 0 Å². The first-order chi connectivity index (χ1) is 11.2. The predicted molar refractivity (Wildman–Crippen MR) is 88.3 cm³/mol. The van der Waals surface area contributed by atoms with Crippen LogP contribution in [0.2, 0.25) is 0 Å². The minimum Gasteiger partial charge on any atom is -0.508 e. The van der Waals surface area contributed by atoms with Gasteiger partial charge >= 0.3 is 0 Å². The van der Waals surface area contributed by atoms with Crippen LogP contribution in [0.1, 0.15) is 23.3 Å². The minimum absolute atomic E-state index is 0.0335. The van der Waals surface area contributed by atoms with Crippen molar-refractivity contribution in [1.82, 2.24) is 15.2 Å². The molecule has 0 aliphatic carbocycles. The molecule has 2 bridgehead atoms. The van der Waals surface area contributed by atoms with Crippen LogP contribution in [0.25, 0.3) is 11.3 Å². The molecule has 1 aromatic heterocycles. The van der Waals surface area contributed by atoms with E-state index in [-0.39, 0.29) is 17.7 Å². The SMILES string of the molecule is O=C(N[C@H]1CN2CCC1CC2)c1ccc(-c2ccc(O)cc2)[nH]1. The van der Waals surface area contributed by atoms with Gasteiger partial charge in [0.25, 0.3) is 5.91 Å². The van der Waals surface area contributed by atoms with Gasteiger partial charge in [0, 0.05) is 18.3 Å². The number of rotatable bonds is 3. The molecule has 5 heteroatoms. The lowest BCUT2D eigenvalue weighted by Gasteiger charge is -2.44. The second-order valence-corrected chi connectivity index (χ2v) is 6.55. The van der Waals surface area contributed by atoms with Crippen molar-refractivity contribution in [2.24, 2.45) is 5.92 Å². The maximum Gasteiger partial charge on any atom is 0.267 e. The number of fused-ring (bicyclic) bond motifs is 3. The third-order valence-corrected chi connectivity index (χ3v) is 5.08. The fourth-order valence-electron chi connectivity index (χ4n) is 3.71.